The average Bonchev–Trinajstić information content (AvgIpc) is 3.00. The highest BCUT2D eigenvalue weighted by atomic mass is 15.3. The molecule has 0 amide bonds. The topological polar surface area (TPSA) is 78.8 Å². The van der Waals surface area contributed by atoms with Crippen LogP contribution in [0.4, 0.5) is 5.82 Å². The standard InChI is InChI=1S/C20H21N5/c1-14-11-19(25-24-14)22-18-12-16-9-5-6-10-17(16)20(21,23-18)13-15-7-3-2-4-8-15/h2-12,23H,13,21H2,1H3,(H2,22,24,25). The zero-order valence-electron chi connectivity index (χ0n) is 14.1. The molecule has 1 atom stereocenters. The van der Waals surface area contributed by atoms with Crippen molar-refractivity contribution in [1.82, 2.24) is 15.5 Å². The van der Waals surface area contributed by atoms with Gasteiger partial charge < -0.3 is 16.4 Å². The molecule has 126 valence electrons. The summed E-state index contributed by atoms with van der Waals surface area (Å²) in [6, 6.07) is 20.5. The highest BCUT2D eigenvalue weighted by Gasteiger charge is 2.33. The third-order valence-corrected chi connectivity index (χ3v) is 4.39. The van der Waals surface area contributed by atoms with Crippen molar-refractivity contribution >= 4 is 11.9 Å². The summed E-state index contributed by atoms with van der Waals surface area (Å²) in [5.41, 5.74) is 10.5. The Morgan fingerprint density at radius 1 is 1.08 bits per heavy atom. The third-order valence-electron chi connectivity index (χ3n) is 4.39. The molecule has 5 heteroatoms. The van der Waals surface area contributed by atoms with Crippen LogP contribution in [0.25, 0.3) is 6.08 Å². The molecule has 25 heavy (non-hydrogen) atoms. The van der Waals surface area contributed by atoms with Crippen LogP contribution < -0.4 is 16.4 Å². The van der Waals surface area contributed by atoms with Gasteiger partial charge in [0.2, 0.25) is 0 Å². The van der Waals surface area contributed by atoms with Crippen LogP contribution in [-0.4, -0.2) is 10.2 Å². The number of hydrogen-bond donors (Lipinski definition) is 4. The predicted octanol–water partition coefficient (Wildman–Crippen LogP) is 3.09. The molecule has 2 heterocycles. The molecule has 0 spiro atoms. The number of fused-ring (bicyclic) bond motifs is 1. The average molecular weight is 331 g/mol. The molecule has 0 saturated heterocycles. The van der Waals surface area contributed by atoms with Gasteiger partial charge in [0.1, 0.15) is 11.5 Å². The second-order valence-electron chi connectivity index (χ2n) is 6.47. The SMILES string of the molecule is Cc1cc(NC2=Cc3ccccc3C(N)(Cc3ccccc3)N2)n[nH]1. The summed E-state index contributed by atoms with van der Waals surface area (Å²) >= 11 is 0. The third kappa shape index (κ3) is 3.14. The zero-order valence-corrected chi connectivity index (χ0v) is 14.1. The van der Waals surface area contributed by atoms with E-state index < -0.39 is 5.66 Å². The number of nitrogens with two attached hydrogens (primary N) is 1. The first-order valence-electron chi connectivity index (χ1n) is 8.34. The first-order chi connectivity index (χ1) is 12.1. The van der Waals surface area contributed by atoms with Gasteiger partial charge in [-0.25, -0.2) is 0 Å². The van der Waals surface area contributed by atoms with Gasteiger partial charge >= 0.3 is 0 Å². The summed E-state index contributed by atoms with van der Waals surface area (Å²) < 4.78 is 0. The lowest BCUT2D eigenvalue weighted by Crippen LogP contribution is -2.54. The summed E-state index contributed by atoms with van der Waals surface area (Å²) in [7, 11) is 0. The predicted molar refractivity (Wildman–Crippen MR) is 101 cm³/mol. The maximum atomic E-state index is 6.83. The highest BCUT2D eigenvalue weighted by molar-refractivity contribution is 5.65. The number of H-pyrrole nitrogens is 1. The molecule has 1 aromatic heterocycles. The van der Waals surface area contributed by atoms with E-state index in [-0.39, 0.29) is 0 Å². The molecule has 5 nitrogen and oxygen atoms in total. The van der Waals surface area contributed by atoms with Crippen LogP contribution in [0.3, 0.4) is 0 Å². The number of nitrogens with one attached hydrogen (secondary N) is 3. The van der Waals surface area contributed by atoms with Crippen molar-refractivity contribution in [3.8, 4) is 0 Å². The number of aryl methyl sites for hydroxylation is 1. The van der Waals surface area contributed by atoms with E-state index in [1.807, 2.05) is 43.3 Å². The van der Waals surface area contributed by atoms with Crippen molar-refractivity contribution in [1.29, 1.82) is 0 Å². The first kappa shape index (κ1) is 15.5. The quantitative estimate of drug-likeness (QED) is 0.592. The fourth-order valence-corrected chi connectivity index (χ4v) is 3.27. The van der Waals surface area contributed by atoms with E-state index in [9.17, 15) is 0 Å². The van der Waals surface area contributed by atoms with Gasteiger partial charge in [-0.3, -0.25) is 5.10 Å². The van der Waals surface area contributed by atoms with E-state index in [2.05, 4.69) is 51.2 Å². The van der Waals surface area contributed by atoms with Crippen LogP contribution in [0.2, 0.25) is 0 Å². The molecule has 1 unspecified atom stereocenters. The molecule has 0 bridgehead atoms. The largest absolute Gasteiger partial charge is 0.350 e. The Balaban J connectivity index is 1.69. The minimum atomic E-state index is -0.694. The number of anilines is 1. The number of aromatic nitrogens is 2. The van der Waals surface area contributed by atoms with Crippen LogP contribution in [0, 0.1) is 6.92 Å². The van der Waals surface area contributed by atoms with Crippen LogP contribution in [0.5, 0.6) is 0 Å². The molecule has 1 aliphatic heterocycles. The second kappa shape index (κ2) is 6.11. The fraction of sp³-hybridized carbons (Fsp3) is 0.150. The second-order valence-corrected chi connectivity index (χ2v) is 6.47. The molecular weight excluding hydrogens is 310 g/mol. The Bertz CT molecular complexity index is 913. The molecular formula is C20H21N5. The Morgan fingerprint density at radius 2 is 1.84 bits per heavy atom. The smallest absolute Gasteiger partial charge is 0.153 e. The normalized spacial score (nSPS) is 18.9. The van der Waals surface area contributed by atoms with E-state index in [1.54, 1.807) is 0 Å². The molecule has 2 aromatic carbocycles. The van der Waals surface area contributed by atoms with Crippen molar-refractivity contribution in [2.45, 2.75) is 19.0 Å². The minimum absolute atomic E-state index is 0.684. The number of nitrogens with zero attached hydrogens (tertiary/aromatic N) is 1. The van der Waals surface area contributed by atoms with Gasteiger partial charge in [0.05, 0.1) is 0 Å². The summed E-state index contributed by atoms with van der Waals surface area (Å²) in [6.07, 6.45) is 2.75. The minimum Gasteiger partial charge on any atom is -0.350 e. The van der Waals surface area contributed by atoms with E-state index in [4.69, 9.17) is 5.73 Å². The van der Waals surface area contributed by atoms with Gasteiger partial charge in [-0.1, -0.05) is 54.6 Å². The van der Waals surface area contributed by atoms with Gasteiger partial charge in [-0.2, -0.15) is 5.10 Å². The lowest BCUT2D eigenvalue weighted by molar-refractivity contribution is 0.373. The molecule has 0 aliphatic carbocycles. The van der Waals surface area contributed by atoms with Crippen LogP contribution >= 0.6 is 0 Å². The van der Waals surface area contributed by atoms with Gasteiger partial charge in [-0.15, -0.1) is 0 Å². The molecule has 0 saturated carbocycles. The van der Waals surface area contributed by atoms with E-state index in [0.29, 0.717) is 6.42 Å². The maximum absolute atomic E-state index is 6.83. The molecule has 3 aromatic rings. The van der Waals surface area contributed by atoms with E-state index >= 15 is 0 Å². The van der Waals surface area contributed by atoms with E-state index in [0.717, 1.165) is 28.5 Å². The number of rotatable bonds is 4. The van der Waals surface area contributed by atoms with Gasteiger partial charge in [-0.05, 0) is 29.7 Å². The van der Waals surface area contributed by atoms with Crippen molar-refractivity contribution < 1.29 is 0 Å². The number of hydrogen-bond acceptors (Lipinski definition) is 4. The van der Waals surface area contributed by atoms with Gasteiger partial charge in [0, 0.05) is 18.2 Å². The van der Waals surface area contributed by atoms with Crippen molar-refractivity contribution in [3.05, 3.63) is 88.9 Å². The monoisotopic (exact) mass is 331 g/mol. The highest BCUT2D eigenvalue weighted by Crippen LogP contribution is 2.30. The summed E-state index contributed by atoms with van der Waals surface area (Å²) in [6.45, 7) is 1.97. The Morgan fingerprint density at radius 3 is 2.60 bits per heavy atom. The first-order valence-corrected chi connectivity index (χ1v) is 8.34. The molecule has 4 rings (SSSR count). The summed E-state index contributed by atoms with van der Waals surface area (Å²) in [5, 5.41) is 14.0. The summed E-state index contributed by atoms with van der Waals surface area (Å²) in [4.78, 5) is 0. The number of benzene rings is 2. The zero-order chi connectivity index (χ0) is 17.3. The molecule has 0 radical (unpaired) electrons. The van der Waals surface area contributed by atoms with Crippen LogP contribution in [0.15, 0.2) is 66.5 Å². The Labute approximate surface area is 147 Å². The van der Waals surface area contributed by atoms with E-state index in [1.165, 1.54) is 5.56 Å². The molecule has 5 N–H and O–H groups in total. The van der Waals surface area contributed by atoms with Gasteiger partial charge in [0.15, 0.2) is 5.82 Å². The van der Waals surface area contributed by atoms with Gasteiger partial charge in [0.25, 0.3) is 0 Å². The van der Waals surface area contributed by atoms with Crippen LogP contribution in [-0.2, 0) is 12.1 Å². The fourth-order valence-electron chi connectivity index (χ4n) is 3.27. The lowest BCUT2D eigenvalue weighted by Gasteiger charge is -2.37. The Kier molecular flexibility index (Phi) is 3.78. The maximum Gasteiger partial charge on any atom is 0.153 e. The Hall–Kier alpha value is -3.05. The summed E-state index contributed by atoms with van der Waals surface area (Å²) in [5.74, 6) is 1.60. The van der Waals surface area contributed by atoms with Crippen molar-refractivity contribution in [2.75, 3.05) is 5.32 Å². The van der Waals surface area contributed by atoms with Crippen molar-refractivity contribution in [2.24, 2.45) is 5.73 Å². The van der Waals surface area contributed by atoms with Crippen LogP contribution in [0.1, 0.15) is 22.4 Å². The number of aromatic amines is 1. The molecule has 0 fully saturated rings. The molecule has 1 aliphatic rings. The lowest BCUT2D eigenvalue weighted by atomic mass is 9.87. The van der Waals surface area contributed by atoms with Crippen molar-refractivity contribution in [3.63, 3.8) is 0 Å².